The first-order chi connectivity index (χ1) is 9.97. The summed E-state index contributed by atoms with van der Waals surface area (Å²) >= 11 is 0. The third-order valence-corrected chi connectivity index (χ3v) is 2.89. The summed E-state index contributed by atoms with van der Waals surface area (Å²) < 4.78 is 5.29. The SMILES string of the molecule is CCNC(=O)C(C)(C)CN=C(NCC)NCCCOCC.I. The first-order valence-corrected chi connectivity index (χ1v) is 7.86. The van der Waals surface area contributed by atoms with Crippen molar-refractivity contribution in [2.24, 2.45) is 10.4 Å². The Kier molecular flexibility index (Phi) is 15.1. The van der Waals surface area contributed by atoms with Gasteiger partial charge in [0.2, 0.25) is 5.91 Å². The lowest BCUT2D eigenvalue weighted by Gasteiger charge is -2.22. The number of carbonyl (C=O) groups is 1. The zero-order valence-corrected chi connectivity index (χ0v) is 17.0. The molecule has 0 rings (SSSR count). The van der Waals surface area contributed by atoms with Crippen molar-refractivity contribution < 1.29 is 9.53 Å². The van der Waals surface area contributed by atoms with E-state index in [1.807, 2.05) is 34.6 Å². The lowest BCUT2D eigenvalue weighted by Crippen LogP contribution is -2.42. The molecule has 7 heteroatoms. The van der Waals surface area contributed by atoms with E-state index in [2.05, 4.69) is 20.9 Å². The summed E-state index contributed by atoms with van der Waals surface area (Å²) in [4.78, 5) is 16.4. The van der Waals surface area contributed by atoms with Gasteiger partial charge in [-0.2, -0.15) is 0 Å². The number of ether oxygens (including phenoxy) is 1. The van der Waals surface area contributed by atoms with E-state index >= 15 is 0 Å². The van der Waals surface area contributed by atoms with Crippen LogP contribution < -0.4 is 16.0 Å². The van der Waals surface area contributed by atoms with Crippen molar-refractivity contribution in [3.05, 3.63) is 0 Å². The molecule has 1 amide bonds. The highest BCUT2D eigenvalue weighted by molar-refractivity contribution is 14.0. The predicted molar refractivity (Wildman–Crippen MR) is 103 cm³/mol. The zero-order valence-electron chi connectivity index (χ0n) is 14.6. The molecule has 0 aromatic heterocycles. The number of halogens is 1. The second-order valence-electron chi connectivity index (χ2n) is 5.42. The van der Waals surface area contributed by atoms with Gasteiger partial charge in [-0.15, -0.1) is 24.0 Å². The minimum atomic E-state index is -0.510. The molecule has 0 heterocycles. The first kappa shape index (κ1) is 23.7. The third kappa shape index (κ3) is 11.1. The lowest BCUT2D eigenvalue weighted by molar-refractivity contribution is -0.128. The van der Waals surface area contributed by atoms with Gasteiger partial charge in [-0.25, -0.2) is 0 Å². The molecule has 22 heavy (non-hydrogen) atoms. The number of carbonyl (C=O) groups excluding carboxylic acids is 1. The van der Waals surface area contributed by atoms with Crippen molar-refractivity contribution in [1.82, 2.24) is 16.0 Å². The maximum absolute atomic E-state index is 11.9. The quantitative estimate of drug-likeness (QED) is 0.215. The first-order valence-electron chi connectivity index (χ1n) is 7.86. The Morgan fingerprint density at radius 1 is 1.09 bits per heavy atom. The van der Waals surface area contributed by atoms with Crippen LogP contribution in [-0.4, -0.2) is 51.3 Å². The summed E-state index contributed by atoms with van der Waals surface area (Å²) in [7, 11) is 0. The van der Waals surface area contributed by atoms with E-state index in [1.54, 1.807) is 0 Å². The van der Waals surface area contributed by atoms with Crippen molar-refractivity contribution in [3.8, 4) is 0 Å². The molecule has 0 saturated heterocycles. The Morgan fingerprint density at radius 3 is 2.27 bits per heavy atom. The van der Waals surface area contributed by atoms with Crippen LogP contribution in [0.3, 0.4) is 0 Å². The summed E-state index contributed by atoms with van der Waals surface area (Å²) in [5.74, 6) is 0.771. The molecule has 0 aliphatic rings. The summed E-state index contributed by atoms with van der Waals surface area (Å²) in [6, 6.07) is 0. The average molecular weight is 428 g/mol. The Morgan fingerprint density at radius 2 is 1.73 bits per heavy atom. The van der Waals surface area contributed by atoms with E-state index in [1.165, 1.54) is 0 Å². The van der Waals surface area contributed by atoms with Crippen molar-refractivity contribution >= 4 is 35.8 Å². The maximum atomic E-state index is 11.9. The minimum Gasteiger partial charge on any atom is -0.382 e. The van der Waals surface area contributed by atoms with Crippen LogP contribution in [0, 0.1) is 5.41 Å². The number of hydrogen-bond acceptors (Lipinski definition) is 3. The van der Waals surface area contributed by atoms with Crippen LogP contribution in [0.4, 0.5) is 0 Å². The highest BCUT2D eigenvalue weighted by Crippen LogP contribution is 2.15. The van der Waals surface area contributed by atoms with Gasteiger partial charge in [0.05, 0.1) is 12.0 Å². The number of guanidine groups is 1. The summed E-state index contributed by atoms with van der Waals surface area (Å²) in [6.07, 6.45) is 0.929. The van der Waals surface area contributed by atoms with Crippen LogP contribution in [0.1, 0.15) is 41.0 Å². The van der Waals surface area contributed by atoms with Crippen LogP contribution in [0.2, 0.25) is 0 Å². The second kappa shape index (κ2) is 14.0. The van der Waals surface area contributed by atoms with Crippen LogP contribution in [0.5, 0.6) is 0 Å². The standard InChI is InChI=1S/C15H32N4O2.HI/c1-6-16-13(20)15(4,5)12-19-14(17-7-2)18-10-9-11-21-8-3;/h6-12H2,1-5H3,(H,16,20)(H2,17,18,19);1H. The topological polar surface area (TPSA) is 74.8 Å². The number of amides is 1. The molecule has 0 unspecified atom stereocenters. The van der Waals surface area contributed by atoms with E-state index in [4.69, 9.17) is 4.74 Å². The number of nitrogens with one attached hydrogen (secondary N) is 3. The van der Waals surface area contributed by atoms with Gasteiger partial charge in [-0.1, -0.05) is 0 Å². The van der Waals surface area contributed by atoms with E-state index in [0.717, 1.165) is 38.7 Å². The molecule has 0 bridgehead atoms. The van der Waals surface area contributed by atoms with Crippen molar-refractivity contribution in [2.45, 2.75) is 41.0 Å². The Bertz CT molecular complexity index is 323. The monoisotopic (exact) mass is 428 g/mol. The van der Waals surface area contributed by atoms with Gasteiger partial charge in [-0.3, -0.25) is 9.79 Å². The van der Waals surface area contributed by atoms with E-state index in [-0.39, 0.29) is 29.9 Å². The zero-order chi connectivity index (χ0) is 16.1. The Labute approximate surface area is 152 Å². The number of rotatable bonds is 10. The maximum Gasteiger partial charge on any atom is 0.227 e. The fourth-order valence-corrected chi connectivity index (χ4v) is 1.62. The average Bonchev–Trinajstić information content (AvgIpc) is 2.44. The fourth-order valence-electron chi connectivity index (χ4n) is 1.62. The van der Waals surface area contributed by atoms with Gasteiger partial charge in [0.15, 0.2) is 5.96 Å². The largest absolute Gasteiger partial charge is 0.382 e. The smallest absolute Gasteiger partial charge is 0.227 e. The van der Waals surface area contributed by atoms with Crippen molar-refractivity contribution in [1.29, 1.82) is 0 Å². The molecule has 0 atom stereocenters. The normalized spacial score (nSPS) is 11.6. The van der Waals surface area contributed by atoms with Gasteiger partial charge in [-0.05, 0) is 41.0 Å². The molecule has 0 spiro atoms. The summed E-state index contributed by atoms with van der Waals surface area (Å²) in [5, 5.41) is 9.28. The molecule has 0 aliphatic heterocycles. The van der Waals surface area contributed by atoms with Crippen LogP contribution >= 0.6 is 24.0 Å². The lowest BCUT2D eigenvalue weighted by atomic mass is 9.92. The van der Waals surface area contributed by atoms with Gasteiger partial charge in [0.25, 0.3) is 0 Å². The van der Waals surface area contributed by atoms with E-state index in [9.17, 15) is 4.79 Å². The molecule has 0 aliphatic carbocycles. The molecule has 0 saturated carbocycles. The molecule has 6 nitrogen and oxygen atoms in total. The predicted octanol–water partition coefficient (Wildman–Crippen LogP) is 1.75. The number of hydrogen-bond donors (Lipinski definition) is 3. The summed E-state index contributed by atoms with van der Waals surface area (Å²) in [6.45, 7) is 13.9. The van der Waals surface area contributed by atoms with Gasteiger partial charge < -0.3 is 20.7 Å². The third-order valence-electron chi connectivity index (χ3n) is 2.89. The van der Waals surface area contributed by atoms with Crippen LogP contribution in [0.25, 0.3) is 0 Å². The fraction of sp³-hybridized carbons (Fsp3) is 0.867. The van der Waals surface area contributed by atoms with E-state index in [0.29, 0.717) is 13.1 Å². The van der Waals surface area contributed by atoms with Crippen LogP contribution in [0.15, 0.2) is 4.99 Å². The molecule has 3 N–H and O–H groups in total. The van der Waals surface area contributed by atoms with Crippen molar-refractivity contribution in [3.63, 3.8) is 0 Å². The molecule has 0 radical (unpaired) electrons. The molecular formula is C15H33IN4O2. The Balaban J connectivity index is 0. The second-order valence-corrected chi connectivity index (χ2v) is 5.42. The summed E-state index contributed by atoms with van der Waals surface area (Å²) in [5.41, 5.74) is -0.510. The minimum absolute atomic E-state index is 0. The molecule has 132 valence electrons. The number of nitrogens with zero attached hydrogens (tertiary/aromatic N) is 1. The van der Waals surface area contributed by atoms with Crippen molar-refractivity contribution in [2.75, 3.05) is 39.4 Å². The Hall–Kier alpha value is -0.570. The van der Waals surface area contributed by atoms with Gasteiger partial charge >= 0.3 is 0 Å². The number of aliphatic imine (C=N–C) groups is 1. The van der Waals surface area contributed by atoms with Gasteiger partial charge in [0.1, 0.15) is 0 Å². The van der Waals surface area contributed by atoms with E-state index < -0.39 is 5.41 Å². The molecular weight excluding hydrogens is 395 g/mol. The molecule has 0 aromatic carbocycles. The molecule has 0 fully saturated rings. The molecule has 0 aromatic rings. The highest BCUT2D eigenvalue weighted by atomic mass is 127. The van der Waals surface area contributed by atoms with Gasteiger partial charge in [0, 0.05) is 32.8 Å². The highest BCUT2D eigenvalue weighted by Gasteiger charge is 2.26. The van der Waals surface area contributed by atoms with Crippen LogP contribution in [-0.2, 0) is 9.53 Å².